The predicted octanol–water partition coefficient (Wildman–Crippen LogP) is 1.81. The summed E-state index contributed by atoms with van der Waals surface area (Å²) in [6, 6.07) is 4.23. The summed E-state index contributed by atoms with van der Waals surface area (Å²) in [6.07, 6.45) is 7.88. The van der Waals surface area contributed by atoms with Crippen LogP contribution in [-0.2, 0) is 6.54 Å². The molecule has 0 fully saturated rings. The van der Waals surface area contributed by atoms with Crippen LogP contribution in [0.5, 0.6) is 0 Å². The summed E-state index contributed by atoms with van der Waals surface area (Å²) in [7, 11) is 0. The fourth-order valence-corrected chi connectivity index (χ4v) is 1.70. The summed E-state index contributed by atoms with van der Waals surface area (Å²) < 4.78 is 13.1. The Hall–Kier alpha value is -2.06. The number of benzene rings is 1. The lowest BCUT2D eigenvalue weighted by Gasteiger charge is -2.09. The Bertz CT molecular complexity index is 480. The maximum absolute atomic E-state index is 13.1. The van der Waals surface area contributed by atoms with Gasteiger partial charge in [0.1, 0.15) is 5.82 Å². The summed E-state index contributed by atoms with van der Waals surface area (Å²) in [5.74, 6) is 2.07. The van der Waals surface area contributed by atoms with E-state index in [1.54, 1.807) is 6.07 Å². The van der Waals surface area contributed by atoms with E-state index in [1.165, 1.54) is 12.1 Å². The van der Waals surface area contributed by atoms with Crippen LogP contribution in [-0.4, -0.2) is 17.6 Å². The first-order valence-electron chi connectivity index (χ1n) is 6.09. The molecule has 1 rings (SSSR count). The number of nitrogens with one attached hydrogen (secondary N) is 1. The molecule has 0 saturated carbocycles. The number of oxime groups is 1. The first kappa shape index (κ1) is 15.0. The number of nitrogens with zero attached hydrogens (tertiary/aromatic N) is 1. The lowest BCUT2D eigenvalue weighted by atomic mass is 10.1. The highest BCUT2D eigenvalue weighted by atomic mass is 19.1. The molecule has 0 amide bonds. The maximum atomic E-state index is 13.1. The molecule has 0 heterocycles. The van der Waals surface area contributed by atoms with Crippen molar-refractivity contribution >= 4 is 5.84 Å². The fraction of sp³-hybridized carbons (Fsp3) is 0.357. The molecule has 19 heavy (non-hydrogen) atoms. The number of hydrogen-bond acceptors (Lipinski definition) is 3. The van der Waals surface area contributed by atoms with Gasteiger partial charge in [-0.2, -0.15) is 0 Å². The van der Waals surface area contributed by atoms with Crippen LogP contribution >= 0.6 is 0 Å². The molecule has 1 aromatic carbocycles. The third-order valence-electron chi connectivity index (χ3n) is 2.70. The Balaban J connectivity index is 2.56. The van der Waals surface area contributed by atoms with Gasteiger partial charge in [-0.1, -0.05) is 11.2 Å². The average Bonchev–Trinajstić information content (AvgIpc) is 2.43. The zero-order valence-electron chi connectivity index (χ0n) is 10.7. The van der Waals surface area contributed by atoms with E-state index in [2.05, 4.69) is 16.4 Å². The van der Waals surface area contributed by atoms with Crippen molar-refractivity contribution in [2.75, 3.05) is 6.54 Å². The molecule has 0 radical (unpaired) electrons. The second kappa shape index (κ2) is 8.11. The predicted molar refractivity (Wildman–Crippen MR) is 73.3 cm³/mol. The minimum atomic E-state index is -0.417. The van der Waals surface area contributed by atoms with Crippen molar-refractivity contribution in [3.8, 4) is 12.3 Å². The molecule has 0 saturated heterocycles. The van der Waals surface area contributed by atoms with Crippen molar-refractivity contribution in [1.82, 2.24) is 5.32 Å². The van der Waals surface area contributed by atoms with Crippen molar-refractivity contribution in [1.29, 1.82) is 0 Å². The van der Waals surface area contributed by atoms with E-state index in [4.69, 9.17) is 17.4 Å². The van der Waals surface area contributed by atoms with E-state index in [0.29, 0.717) is 12.1 Å². The van der Waals surface area contributed by atoms with Crippen molar-refractivity contribution in [2.24, 2.45) is 10.9 Å². The molecule has 0 aliphatic carbocycles. The number of terminal acetylenes is 1. The molecule has 0 aliphatic rings. The van der Waals surface area contributed by atoms with Gasteiger partial charge in [-0.3, -0.25) is 0 Å². The van der Waals surface area contributed by atoms with Crippen LogP contribution in [0, 0.1) is 18.2 Å². The molecule has 4 N–H and O–H groups in total. The molecule has 102 valence electrons. The fourth-order valence-electron chi connectivity index (χ4n) is 1.70. The first-order chi connectivity index (χ1) is 9.19. The lowest BCUT2D eigenvalue weighted by Crippen LogP contribution is -2.21. The van der Waals surface area contributed by atoms with Crippen LogP contribution in [0.25, 0.3) is 0 Å². The minimum Gasteiger partial charge on any atom is -0.409 e. The third-order valence-corrected chi connectivity index (χ3v) is 2.70. The van der Waals surface area contributed by atoms with Gasteiger partial charge in [-0.05, 0) is 37.1 Å². The molecule has 5 heteroatoms. The van der Waals surface area contributed by atoms with Crippen LogP contribution in [0.4, 0.5) is 4.39 Å². The Morgan fingerprint density at radius 3 is 2.95 bits per heavy atom. The quantitative estimate of drug-likeness (QED) is 0.175. The van der Waals surface area contributed by atoms with Crippen molar-refractivity contribution < 1.29 is 9.60 Å². The Morgan fingerprint density at radius 1 is 1.47 bits per heavy atom. The zero-order valence-corrected chi connectivity index (χ0v) is 10.7. The SMILES string of the molecule is C#CCCCCNCc1ccc(F)cc1/C(N)=N\O. The monoisotopic (exact) mass is 263 g/mol. The van der Waals surface area contributed by atoms with Crippen LogP contribution in [0.15, 0.2) is 23.4 Å². The molecule has 0 bridgehead atoms. The topological polar surface area (TPSA) is 70.6 Å². The normalized spacial score (nSPS) is 11.3. The zero-order chi connectivity index (χ0) is 14.1. The molecule has 4 nitrogen and oxygen atoms in total. The summed E-state index contributed by atoms with van der Waals surface area (Å²) in [5, 5.41) is 14.8. The van der Waals surface area contributed by atoms with Crippen molar-refractivity contribution in [3.63, 3.8) is 0 Å². The van der Waals surface area contributed by atoms with Gasteiger partial charge in [0.2, 0.25) is 0 Å². The molecule has 0 atom stereocenters. The van der Waals surface area contributed by atoms with E-state index < -0.39 is 5.82 Å². The third kappa shape index (κ3) is 4.98. The van der Waals surface area contributed by atoms with Gasteiger partial charge in [0, 0.05) is 18.5 Å². The van der Waals surface area contributed by atoms with Crippen molar-refractivity contribution in [3.05, 3.63) is 35.1 Å². The summed E-state index contributed by atoms with van der Waals surface area (Å²) in [5.41, 5.74) is 6.70. The molecule has 0 aromatic heterocycles. The van der Waals surface area contributed by atoms with Crippen LogP contribution in [0.2, 0.25) is 0 Å². The Morgan fingerprint density at radius 2 is 2.26 bits per heavy atom. The first-order valence-corrected chi connectivity index (χ1v) is 6.09. The van der Waals surface area contributed by atoms with E-state index in [-0.39, 0.29) is 5.84 Å². The number of amidine groups is 1. The van der Waals surface area contributed by atoms with Crippen LogP contribution < -0.4 is 11.1 Å². The van der Waals surface area contributed by atoms with Crippen molar-refractivity contribution in [2.45, 2.75) is 25.8 Å². The van der Waals surface area contributed by atoms with E-state index in [1.807, 2.05) is 0 Å². The number of halogens is 1. The highest BCUT2D eigenvalue weighted by molar-refractivity contribution is 5.98. The highest BCUT2D eigenvalue weighted by Gasteiger charge is 2.08. The number of nitrogens with two attached hydrogens (primary N) is 1. The minimum absolute atomic E-state index is 0.0939. The van der Waals surface area contributed by atoms with Gasteiger partial charge in [-0.15, -0.1) is 12.3 Å². The van der Waals surface area contributed by atoms with Gasteiger partial charge < -0.3 is 16.3 Å². The van der Waals surface area contributed by atoms with Crippen LogP contribution in [0.1, 0.15) is 30.4 Å². The standard InChI is InChI=1S/C14H18FN3O/c1-2-3-4-5-8-17-10-11-6-7-12(15)9-13(11)14(16)18-19/h1,6-7,9,17,19H,3-5,8,10H2,(H2,16,18). The maximum Gasteiger partial charge on any atom is 0.170 e. The Kier molecular flexibility index (Phi) is 6.41. The molecule has 0 aliphatic heterocycles. The molecule has 1 aromatic rings. The molecular formula is C14H18FN3O. The average molecular weight is 263 g/mol. The second-order valence-corrected chi connectivity index (χ2v) is 4.12. The molecule has 0 spiro atoms. The summed E-state index contributed by atoms with van der Waals surface area (Å²) >= 11 is 0. The lowest BCUT2D eigenvalue weighted by molar-refractivity contribution is 0.318. The van der Waals surface area contributed by atoms with Gasteiger partial charge in [0.15, 0.2) is 5.84 Å². The Labute approximate surface area is 112 Å². The van der Waals surface area contributed by atoms with Gasteiger partial charge in [0.05, 0.1) is 0 Å². The summed E-state index contributed by atoms with van der Waals surface area (Å²) in [6.45, 7) is 1.34. The van der Waals surface area contributed by atoms with Gasteiger partial charge in [-0.25, -0.2) is 4.39 Å². The van der Waals surface area contributed by atoms with E-state index >= 15 is 0 Å². The second-order valence-electron chi connectivity index (χ2n) is 4.12. The summed E-state index contributed by atoms with van der Waals surface area (Å²) in [4.78, 5) is 0. The van der Waals surface area contributed by atoms with E-state index in [0.717, 1.165) is 31.4 Å². The largest absolute Gasteiger partial charge is 0.409 e. The molecular weight excluding hydrogens is 245 g/mol. The van der Waals surface area contributed by atoms with Crippen LogP contribution in [0.3, 0.4) is 0 Å². The number of rotatable bonds is 7. The van der Waals surface area contributed by atoms with Gasteiger partial charge in [0.25, 0.3) is 0 Å². The number of hydrogen-bond donors (Lipinski definition) is 3. The van der Waals surface area contributed by atoms with Gasteiger partial charge >= 0.3 is 0 Å². The number of unbranched alkanes of at least 4 members (excludes halogenated alkanes) is 2. The highest BCUT2D eigenvalue weighted by Crippen LogP contribution is 2.11. The molecule has 0 unspecified atom stereocenters. The van der Waals surface area contributed by atoms with E-state index in [9.17, 15) is 4.39 Å². The smallest absolute Gasteiger partial charge is 0.170 e.